The Hall–Kier alpha value is -0.860. The average molecular weight is 246 g/mol. The van der Waals surface area contributed by atoms with E-state index in [0.29, 0.717) is 6.04 Å². The van der Waals surface area contributed by atoms with Crippen LogP contribution in [-0.4, -0.2) is 6.04 Å². The Morgan fingerprint density at radius 3 is 2.39 bits per heavy atom. The molecule has 1 fully saturated rings. The van der Waals surface area contributed by atoms with Gasteiger partial charge < -0.3 is 0 Å². The van der Waals surface area contributed by atoms with Crippen LogP contribution in [0, 0.1) is 19.8 Å². The van der Waals surface area contributed by atoms with Gasteiger partial charge in [-0.05, 0) is 49.3 Å². The number of hydrogen-bond acceptors (Lipinski definition) is 2. The van der Waals surface area contributed by atoms with Crippen molar-refractivity contribution in [1.29, 1.82) is 0 Å². The fourth-order valence-corrected chi connectivity index (χ4v) is 3.28. The molecule has 1 unspecified atom stereocenters. The van der Waals surface area contributed by atoms with E-state index >= 15 is 0 Å². The van der Waals surface area contributed by atoms with Crippen molar-refractivity contribution in [1.82, 2.24) is 5.43 Å². The van der Waals surface area contributed by atoms with Crippen LogP contribution in [0.1, 0.15) is 48.8 Å². The van der Waals surface area contributed by atoms with E-state index in [2.05, 4.69) is 37.5 Å². The largest absolute Gasteiger partial charge is 0.271 e. The summed E-state index contributed by atoms with van der Waals surface area (Å²) in [6.07, 6.45) is 7.89. The van der Waals surface area contributed by atoms with Gasteiger partial charge in [0.15, 0.2) is 0 Å². The second-order valence-corrected chi connectivity index (χ2v) is 5.82. The van der Waals surface area contributed by atoms with Gasteiger partial charge in [0.25, 0.3) is 0 Å². The van der Waals surface area contributed by atoms with Gasteiger partial charge in [-0.25, -0.2) is 0 Å². The van der Waals surface area contributed by atoms with Crippen molar-refractivity contribution >= 4 is 0 Å². The van der Waals surface area contributed by atoms with Crippen LogP contribution in [0.2, 0.25) is 0 Å². The van der Waals surface area contributed by atoms with E-state index in [4.69, 9.17) is 5.84 Å². The molecular formula is C16H26N2. The van der Waals surface area contributed by atoms with Crippen LogP contribution in [0.3, 0.4) is 0 Å². The van der Waals surface area contributed by atoms with Crippen molar-refractivity contribution in [2.24, 2.45) is 11.8 Å². The molecule has 1 aromatic rings. The van der Waals surface area contributed by atoms with Gasteiger partial charge in [0.2, 0.25) is 0 Å². The lowest BCUT2D eigenvalue weighted by Crippen LogP contribution is -2.38. The van der Waals surface area contributed by atoms with Crippen molar-refractivity contribution in [2.45, 2.75) is 58.4 Å². The van der Waals surface area contributed by atoms with Crippen LogP contribution in [0.4, 0.5) is 0 Å². The Kier molecular flexibility index (Phi) is 4.79. The van der Waals surface area contributed by atoms with Crippen LogP contribution in [-0.2, 0) is 6.42 Å². The van der Waals surface area contributed by atoms with E-state index in [9.17, 15) is 0 Å². The van der Waals surface area contributed by atoms with E-state index in [1.165, 1.54) is 48.8 Å². The third-order valence-corrected chi connectivity index (χ3v) is 4.42. The molecule has 1 aromatic carbocycles. The zero-order valence-corrected chi connectivity index (χ0v) is 11.7. The van der Waals surface area contributed by atoms with Gasteiger partial charge in [0.1, 0.15) is 0 Å². The summed E-state index contributed by atoms with van der Waals surface area (Å²) in [5, 5.41) is 0. The average Bonchev–Trinajstić information content (AvgIpc) is 2.85. The lowest BCUT2D eigenvalue weighted by molar-refractivity contribution is 0.389. The molecule has 18 heavy (non-hydrogen) atoms. The van der Waals surface area contributed by atoms with Gasteiger partial charge in [0, 0.05) is 6.04 Å². The minimum Gasteiger partial charge on any atom is -0.271 e. The highest BCUT2D eigenvalue weighted by Crippen LogP contribution is 2.29. The summed E-state index contributed by atoms with van der Waals surface area (Å²) < 4.78 is 0. The van der Waals surface area contributed by atoms with Gasteiger partial charge in [-0.1, -0.05) is 43.9 Å². The topological polar surface area (TPSA) is 38.0 Å². The lowest BCUT2D eigenvalue weighted by atomic mass is 9.91. The molecule has 1 aliphatic rings. The molecule has 2 nitrogen and oxygen atoms in total. The number of benzene rings is 1. The van der Waals surface area contributed by atoms with Crippen LogP contribution in [0.5, 0.6) is 0 Å². The fourth-order valence-electron chi connectivity index (χ4n) is 3.28. The SMILES string of the molecule is Cc1cccc(C)c1CC(CC1CCCC1)NN. The van der Waals surface area contributed by atoms with Crippen LogP contribution in [0.15, 0.2) is 18.2 Å². The second kappa shape index (κ2) is 6.35. The van der Waals surface area contributed by atoms with E-state index in [1.807, 2.05) is 0 Å². The van der Waals surface area contributed by atoms with Gasteiger partial charge in [-0.2, -0.15) is 0 Å². The summed E-state index contributed by atoms with van der Waals surface area (Å²) >= 11 is 0. The molecule has 0 spiro atoms. The summed E-state index contributed by atoms with van der Waals surface area (Å²) in [4.78, 5) is 0. The highest BCUT2D eigenvalue weighted by Gasteiger charge is 2.20. The standard InChI is InChI=1S/C16H26N2/c1-12-6-5-7-13(2)16(12)11-15(18-17)10-14-8-3-4-9-14/h5-7,14-15,18H,3-4,8-11,17H2,1-2H3. The number of nitrogens with one attached hydrogen (secondary N) is 1. The molecule has 2 heteroatoms. The molecule has 0 bridgehead atoms. The first-order valence-electron chi connectivity index (χ1n) is 7.22. The molecule has 0 aromatic heterocycles. The summed E-state index contributed by atoms with van der Waals surface area (Å²) in [5.74, 6) is 6.63. The molecule has 0 saturated heterocycles. The van der Waals surface area contributed by atoms with Crippen LogP contribution < -0.4 is 11.3 Å². The van der Waals surface area contributed by atoms with Crippen molar-refractivity contribution in [3.63, 3.8) is 0 Å². The maximum absolute atomic E-state index is 5.75. The number of hydrogen-bond donors (Lipinski definition) is 2. The third-order valence-electron chi connectivity index (χ3n) is 4.42. The molecule has 3 N–H and O–H groups in total. The number of rotatable bonds is 5. The highest BCUT2D eigenvalue weighted by atomic mass is 15.2. The predicted octanol–water partition coefficient (Wildman–Crippen LogP) is 3.26. The zero-order chi connectivity index (χ0) is 13.0. The van der Waals surface area contributed by atoms with Crippen molar-refractivity contribution in [3.8, 4) is 0 Å². The molecule has 0 aliphatic heterocycles. The van der Waals surface area contributed by atoms with E-state index < -0.39 is 0 Å². The number of hydrazine groups is 1. The van der Waals surface area contributed by atoms with Gasteiger partial charge in [-0.15, -0.1) is 0 Å². The van der Waals surface area contributed by atoms with Gasteiger partial charge >= 0.3 is 0 Å². The quantitative estimate of drug-likeness (QED) is 0.618. The molecule has 100 valence electrons. The van der Waals surface area contributed by atoms with Gasteiger partial charge in [0.05, 0.1) is 0 Å². The third kappa shape index (κ3) is 3.33. The maximum Gasteiger partial charge on any atom is 0.0253 e. The Bertz CT molecular complexity index is 360. The normalized spacial score (nSPS) is 18.2. The van der Waals surface area contributed by atoms with Crippen molar-refractivity contribution in [2.75, 3.05) is 0 Å². The molecule has 1 aliphatic carbocycles. The zero-order valence-electron chi connectivity index (χ0n) is 11.7. The molecular weight excluding hydrogens is 220 g/mol. The first kappa shape index (κ1) is 13.6. The monoisotopic (exact) mass is 246 g/mol. The smallest absolute Gasteiger partial charge is 0.0253 e. The molecule has 1 saturated carbocycles. The van der Waals surface area contributed by atoms with Crippen molar-refractivity contribution in [3.05, 3.63) is 34.9 Å². The summed E-state index contributed by atoms with van der Waals surface area (Å²) in [7, 11) is 0. The Morgan fingerprint density at radius 2 is 1.83 bits per heavy atom. The first-order chi connectivity index (χ1) is 8.70. The molecule has 1 atom stereocenters. The Balaban J connectivity index is 2.00. The Labute approximate surface area is 111 Å². The van der Waals surface area contributed by atoms with Crippen molar-refractivity contribution < 1.29 is 0 Å². The molecule has 0 amide bonds. The first-order valence-corrected chi connectivity index (χ1v) is 7.22. The number of aryl methyl sites for hydroxylation is 2. The molecule has 0 radical (unpaired) electrons. The summed E-state index contributed by atoms with van der Waals surface area (Å²) in [6, 6.07) is 6.96. The molecule has 0 heterocycles. The molecule has 2 rings (SSSR count). The Morgan fingerprint density at radius 1 is 1.22 bits per heavy atom. The van der Waals surface area contributed by atoms with E-state index in [0.717, 1.165) is 12.3 Å². The second-order valence-electron chi connectivity index (χ2n) is 5.82. The summed E-state index contributed by atoms with van der Waals surface area (Å²) in [6.45, 7) is 4.40. The minimum atomic E-state index is 0.424. The fraction of sp³-hybridized carbons (Fsp3) is 0.625. The minimum absolute atomic E-state index is 0.424. The van der Waals surface area contributed by atoms with Crippen LogP contribution in [0.25, 0.3) is 0 Å². The lowest BCUT2D eigenvalue weighted by Gasteiger charge is -2.21. The van der Waals surface area contributed by atoms with Gasteiger partial charge in [-0.3, -0.25) is 11.3 Å². The predicted molar refractivity (Wildman–Crippen MR) is 77.3 cm³/mol. The van der Waals surface area contributed by atoms with E-state index in [-0.39, 0.29) is 0 Å². The highest BCUT2D eigenvalue weighted by molar-refractivity contribution is 5.34. The maximum atomic E-state index is 5.75. The number of nitrogens with two attached hydrogens (primary N) is 1. The van der Waals surface area contributed by atoms with E-state index in [1.54, 1.807) is 0 Å². The van der Waals surface area contributed by atoms with Crippen LogP contribution >= 0.6 is 0 Å². The summed E-state index contributed by atoms with van der Waals surface area (Å²) in [5.41, 5.74) is 7.28.